The summed E-state index contributed by atoms with van der Waals surface area (Å²) in [4.78, 5) is 10.4. The summed E-state index contributed by atoms with van der Waals surface area (Å²) in [6.07, 6.45) is 0. The largest absolute Gasteiger partial charge is 0.278 e. The summed E-state index contributed by atoms with van der Waals surface area (Å²) < 4.78 is 4.89. The quantitative estimate of drug-likeness (QED) is 0.224. The van der Waals surface area contributed by atoms with Crippen LogP contribution in [0.2, 0.25) is 0 Å². The van der Waals surface area contributed by atoms with Crippen LogP contribution < -0.4 is 0 Å². The maximum Gasteiger partial charge on any atom is 0.235 e. The lowest BCUT2D eigenvalue weighted by Gasteiger charge is -2.12. The molecule has 0 amide bonds. The summed E-state index contributed by atoms with van der Waals surface area (Å²) in [6, 6.07) is 45.1. The van der Waals surface area contributed by atoms with Crippen LogP contribution in [0.1, 0.15) is 0 Å². The van der Waals surface area contributed by atoms with E-state index in [0.717, 1.165) is 33.2 Å². The van der Waals surface area contributed by atoms with Crippen molar-refractivity contribution < 1.29 is 0 Å². The first-order valence-corrected chi connectivity index (χ1v) is 14.3. The van der Waals surface area contributed by atoms with Gasteiger partial charge in [-0.25, -0.2) is 9.97 Å². The van der Waals surface area contributed by atoms with Crippen molar-refractivity contribution in [2.24, 2.45) is 0 Å². The van der Waals surface area contributed by atoms with Crippen LogP contribution in [0.5, 0.6) is 0 Å². The molecule has 0 radical (unpaired) electrons. The second kappa shape index (κ2) is 8.22. The number of rotatable bonds is 2. The monoisotopic (exact) mass is 527 g/mol. The lowest BCUT2D eigenvalue weighted by molar-refractivity contribution is 1.01. The Balaban J connectivity index is 1.45. The van der Waals surface area contributed by atoms with E-state index in [0.29, 0.717) is 5.95 Å². The fourth-order valence-corrected chi connectivity index (χ4v) is 7.51. The molecule has 40 heavy (non-hydrogen) atoms. The van der Waals surface area contributed by atoms with Crippen LogP contribution in [0.15, 0.2) is 127 Å². The van der Waals surface area contributed by atoms with Gasteiger partial charge in [0.15, 0.2) is 0 Å². The predicted octanol–water partition coefficient (Wildman–Crippen LogP) is 9.91. The molecular formula is C36H21N3S. The molecular weight excluding hydrogens is 506 g/mol. The lowest BCUT2D eigenvalue weighted by atomic mass is 10.0. The van der Waals surface area contributed by atoms with Gasteiger partial charge in [-0.15, -0.1) is 11.3 Å². The minimum absolute atomic E-state index is 0.687. The molecule has 0 bridgehead atoms. The van der Waals surface area contributed by atoms with E-state index in [1.165, 1.54) is 41.7 Å². The smallest absolute Gasteiger partial charge is 0.235 e. The van der Waals surface area contributed by atoms with Crippen molar-refractivity contribution in [3.05, 3.63) is 127 Å². The van der Waals surface area contributed by atoms with Crippen molar-refractivity contribution in [2.75, 3.05) is 0 Å². The second-order valence-corrected chi connectivity index (χ2v) is 11.3. The molecule has 0 spiro atoms. The Morgan fingerprint density at radius 3 is 2.12 bits per heavy atom. The average Bonchev–Trinajstić information content (AvgIpc) is 3.57. The molecule has 6 aromatic carbocycles. The number of aromatic nitrogens is 3. The third kappa shape index (κ3) is 2.99. The molecule has 0 fully saturated rings. The zero-order valence-corrected chi connectivity index (χ0v) is 22.2. The summed E-state index contributed by atoms with van der Waals surface area (Å²) in [5.74, 6) is 0.687. The minimum Gasteiger partial charge on any atom is -0.278 e. The lowest BCUT2D eigenvalue weighted by Crippen LogP contribution is -2.03. The predicted molar refractivity (Wildman–Crippen MR) is 170 cm³/mol. The zero-order valence-electron chi connectivity index (χ0n) is 21.4. The maximum atomic E-state index is 5.25. The summed E-state index contributed by atoms with van der Waals surface area (Å²) in [5.41, 5.74) is 5.19. The third-order valence-corrected chi connectivity index (χ3v) is 9.20. The van der Waals surface area contributed by atoms with Crippen LogP contribution in [0.25, 0.3) is 80.9 Å². The highest BCUT2D eigenvalue weighted by atomic mass is 32.1. The summed E-state index contributed by atoms with van der Waals surface area (Å²) in [7, 11) is 0. The highest BCUT2D eigenvalue weighted by Crippen LogP contribution is 2.44. The van der Waals surface area contributed by atoms with Gasteiger partial charge in [0.25, 0.3) is 0 Å². The third-order valence-electron chi connectivity index (χ3n) is 8.00. The van der Waals surface area contributed by atoms with E-state index in [1.54, 1.807) is 0 Å². The van der Waals surface area contributed by atoms with Crippen molar-refractivity contribution >= 4 is 75.0 Å². The van der Waals surface area contributed by atoms with E-state index in [-0.39, 0.29) is 0 Å². The van der Waals surface area contributed by atoms with Crippen LogP contribution in [0, 0.1) is 0 Å². The van der Waals surface area contributed by atoms with Gasteiger partial charge in [0.1, 0.15) is 0 Å². The standard InChI is InChI=1S/C36H21N3S/c1-2-10-23(11-3-1)34-26-13-4-7-15-28(26)37-36(38-34)39-29-16-8-5-14-27(29)33-30(39)21-19-22-18-20-25-24-12-6-9-17-31(24)40-35(25)32(22)33/h1-21H. The van der Waals surface area contributed by atoms with Gasteiger partial charge in [-0.2, -0.15) is 0 Å². The Morgan fingerprint density at radius 1 is 0.500 bits per heavy atom. The molecule has 0 unspecified atom stereocenters. The summed E-state index contributed by atoms with van der Waals surface area (Å²) in [5, 5.41) is 8.69. The van der Waals surface area contributed by atoms with Crippen LogP contribution in [-0.2, 0) is 0 Å². The molecule has 9 rings (SSSR count). The van der Waals surface area contributed by atoms with E-state index in [4.69, 9.17) is 9.97 Å². The van der Waals surface area contributed by atoms with Crippen LogP contribution in [0.4, 0.5) is 0 Å². The van der Waals surface area contributed by atoms with Crippen molar-refractivity contribution in [2.45, 2.75) is 0 Å². The topological polar surface area (TPSA) is 30.7 Å². The first-order chi connectivity index (χ1) is 19.8. The normalized spacial score (nSPS) is 12.0. The van der Waals surface area contributed by atoms with Gasteiger partial charge in [0, 0.05) is 47.3 Å². The minimum atomic E-state index is 0.687. The van der Waals surface area contributed by atoms with E-state index >= 15 is 0 Å². The van der Waals surface area contributed by atoms with Gasteiger partial charge in [-0.05, 0) is 29.7 Å². The average molecular weight is 528 g/mol. The van der Waals surface area contributed by atoms with E-state index in [1.807, 2.05) is 23.5 Å². The number of hydrogen-bond acceptors (Lipinski definition) is 3. The van der Waals surface area contributed by atoms with Crippen molar-refractivity contribution in [1.29, 1.82) is 0 Å². The fourth-order valence-electron chi connectivity index (χ4n) is 6.25. The molecule has 0 aliphatic carbocycles. The Bertz CT molecular complexity index is 2430. The van der Waals surface area contributed by atoms with Crippen molar-refractivity contribution in [3.63, 3.8) is 0 Å². The Morgan fingerprint density at radius 2 is 1.23 bits per heavy atom. The fraction of sp³-hybridized carbons (Fsp3) is 0. The van der Waals surface area contributed by atoms with Crippen molar-refractivity contribution in [1.82, 2.24) is 14.5 Å². The number of hydrogen-bond donors (Lipinski definition) is 0. The molecule has 0 saturated heterocycles. The molecule has 3 nitrogen and oxygen atoms in total. The van der Waals surface area contributed by atoms with Crippen molar-refractivity contribution in [3.8, 4) is 17.2 Å². The highest BCUT2D eigenvalue weighted by molar-refractivity contribution is 7.26. The van der Waals surface area contributed by atoms with E-state index in [2.05, 4.69) is 120 Å². The Kier molecular flexibility index (Phi) is 4.48. The van der Waals surface area contributed by atoms with Gasteiger partial charge in [0.2, 0.25) is 5.95 Å². The van der Waals surface area contributed by atoms with Gasteiger partial charge in [-0.1, -0.05) is 103 Å². The Labute approximate surface area is 233 Å². The number of fused-ring (bicyclic) bond motifs is 10. The van der Waals surface area contributed by atoms with Crippen LogP contribution >= 0.6 is 11.3 Å². The van der Waals surface area contributed by atoms with Gasteiger partial charge in [-0.3, -0.25) is 4.57 Å². The molecule has 0 saturated carbocycles. The second-order valence-electron chi connectivity index (χ2n) is 10.2. The molecule has 3 aromatic heterocycles. The number of nitrogens with zero attached hydrogens (tertiary/aromatic N) is 3. The summed E-state index contributed by atoms with van der Waals surface area (Å²) >= 11 is 1.88. The number of para-hydroxylation sites is 2. The van der Waals surface area contributed by atoms with Gasteiger partial charge in [0.05, 0.1) is 22.2 Å². The molecule has 0 N–H and O–H groups in total. The molecule has 9 aromatic rings. The molecule has 4 heteroatoms. The SMILES string of the molecule is c1ccc(-c2nc(-n3c4ccccc4c4c5c(ccc6c7ccccc7sc65)ccc43)nc3ccccc23)cc1. The molecule has 0 aliphatic heterocycles. The first-order valence-electron chi connectivity index (χ1n) is 13.4. The first kappa shape index (κ1) is 21.8. The number of benzene rings is 6. The maximum absolute atomic E-state index is 5.25. The van der Waals surface area contributed by atoms with E-state index < -0.39 is 0 Å². The zero-order chi connectivity index (χ0) is 26.2. The Hall–Kier alpha value is -5.06. The molecule has 0 aliphatic rings. The van der Waals surface area contributed by atoms with Crippen LogP contribution in [0.3, 0.4) is 0 Å². The van der Waals surface area contributed by atoms with Crippen LogP contribution in [-0.4, -0.2) is 14.5 Å². The molecule has 3 heterocycles. The van der Waals surface area contributed by atoms with Gasteiger partial charge < -0.3 is 0 Å². The number of thiophene rings is 1. The molecule has 0 atom stereocenters. The highest BCUT2D eigenvalue weighted by Gasteiger charge is 2.20. The summed E-state index contributed by atoms with van der Waals surface area (Å²) in [6.45, 7) is 0. The van der Waals surface area contributed by atoms with E-state index in [9.17, 15) is 0 Å². The van der Waals surface area contributed by atoms with Gasteiger partial charge >= 0.3 is 0 Å². The molecule has 186 valence electrons.